The lowest BCUT2D eigenvalue weighted by Crippen LogP contribution is -2.32. The number of amides is 1. The van der Waals surface area contributed by atoms with E-state index in [2.05, 4.69) is 0 Å². The highest BCUT2D eigenvalue weighted by Crippen LogP contribution is 2.42. The van der Waals surface area contributed by atoms with Crippen molar-refractivity contribution in [3.63, 3.8) is 0 Å². The number of likely N-dealkylation sites (tertiary alicyclic amines) is 1. The third-order valence-corrected chi connectivity index (χ3v) is 7.87. The highest BCUT2D eigenvalue weighted by molar-refractivity contribution is 7.58. The Kier molecular flexibility index (Phi) is 6.94. The summed E-state index contributed by atoms with van der Waals surface area (Å²) in [6, 6.07) is 9.99. The first kappa shape index (κ1) is 19.6. The summed E-state index contributed by atoms with van der Waals surface area (Å²) in [5.74, 6) is 1.25. The monoisotopic (exact) mass is 377 g/mol. The summed E-state index contributed by atoms with van der Waals surface area (Å²) < 4.78 is 12.5. The maximum Gasteiger partial charge on any atom is 0.232 e. The van der Waals surface area contributed by atoms with E-state index in [1.807, 2.05) is 35.2 Å². The van der Waals surface area contributed by atoms with E-state index >= 15 is 0 Å². The zero-order valence-electron chi connectivity index (χ0n) is 15.7. The standard InChI is InChI=1S/C21H32NO3P/c23-21(22-14-13-20(16-22)19-11-5-2-6-12-19)17-26(24,25)15-7-10-18-8-3-1-4-9-18/h1,3-4,8-9,19-20H,2,5-7,10-17H2,(H,24,25). The molecule has 1 saturated heterocycles. The molecule has 0 aromatic heterocycles. The number of rotatable bonds is 7. The van der Waals surface area contributed by atoms with Crippen LogP contribution in [0.5, 0.6) is 0 Å². The minimum atomic E-state index is -3.38. The molecule has 2 fully saturated rings. The third kappa shape index (κ3) is 5.69. The topological polar surface area (TPSA) is 57.6 Å². The molecule has 5 heteroatoms. The summed E-state index contributed by atoms with van der Waals surface area (Å²) >= 11 is 0. The molecule has 1 heterocycles. The van der Waals surface area contributed by atoms with Crippen molar-refractivity contribution in [1.82, 2.24) is 4.90 Å². The lowest BCUT2D eigenvalue weighted by Gasteiger charge is -2.27. The van der Waals surface area contributed by atoms with E-state index in [0.29, 0.717) is 12.3 Å². The van der Waals surface area contributed by atoms with Crippen molar-refractivity contribution >= 4 is 13.3 Å². The maximum absolute atomic E-state index is 12.5. The van der Waals surface area contributed by atoms with Gasteiger partial charge in [0.1, 0.15) is 6.16 Å². The van der Waals surface area contributed by atoms with Crippen LogP contribution in [0.25, 0.3) is 0 Å². The average molecular weight is 377 g/mol. The number of carbonyl (C=O) groups is 1. The molecule has 2 unspecified atom stereocenters. The van der Waals surface area contributed by atoms with Crippen molar-refractivity contribution in [2.24, 2.45) is 11.8 Å². The third-order valence-electron chi connectivity index (χ3n) is 6.09. The number of nitrogens with zero attached hydrogens (tertiary/aromatic N) is 1. The zero-order chi connectivity index (χ0) is 18.4. The van der Waals surface area contributed by atoms with Gasteiger partial charge < -0.3 is 9.79 Å². The number of hydrogen-bond acceptors (Lipinski definition) is 2. The predicted octanol–water partition coefficient (Wildman–Crippen LogP) is 4.32. The van der Waals surface area contributed by atoms with E-state index in [1.165, 1.54) is 37.7 Å². The minimum Gasteiger partial charge on any atom is -0.344 e. The molecule has 1 aromatic rings. The van der Waals surface area contributed by atoms with Crippen LogP contribution in [0.2, 0.25) is 0 Å². The van der Waals surface area contributed by atoms with Crippen LogP contribution >= 0.6 is 7.37 Å². The molecular formula is C21H32NO3P. The van der Waals surface area contributed by atoms with Gasteiger partial charge in [0.05, 0.1) is 0 Å². The first-order valence-corrected chi connectivity index (χ1v) is 12.2. The number of carbonyl (C=O) groups excluding carboxylic acids is 1. The van der Waals surface area contributed by atoms with Gasteiger partial charge in [0, 0.05) is 19.3 Å². The first-order valence-electron chi connectivity index (χ1n) is 10.2. The molecule has 144 valence electrons. The van der Waals surface area contributed by atoms with Crippen molar-refractivity contribution in [3.8, 4) is 0 Å². The Bertz CT molecular complexity index is 627. The van der Waals surface area contributed by atoms with Gasteiger partial charge in [-0.25, -0.2) is 0 Å². The fraction of sp³-hybridized carbons (Fsp3) is 0.667. The Hall–Kier alpha value is -1.12. The fourth-order valence-electron chi connectivity index (χ4n) is 4.57. The highest BCUT2D eigenvalue weighted by atomic mass is 31.2. The molecule has 1 amide bonds. The second kappa shape index (κ2) is 9.19. The molecule has 0 spiro atoms. The second-order valence-electron chi connectivity index (χ2n) is 8.10. The molecule has 1 saturated carbocycles. The molecular weight excluding hydrogens is 345 g/mol. The van der Waals surface area contributed by atoms with E-state index in [9.17, 15) is 14.3 Å². The molecule has 3 rings (SSSR count). The predicted molar refractivity (Wildman–Crippen MR) is 106 cm³/mol. The van der Waals surface area contributed by atoms with E-state index in [0.717, 1.165) is 31.8 Å². The summed E-state index contributed by atoms with van der Waals surface area (Å²) in [5.41, 5.74) is 1.17. The van der Waals surface area contributed by atoms with Crippen LogP contribution in [0, 0.1) is 11.8 Å². The van der Waals surface area contributed by atoms with Gasteiger partial charge in [0.15, 0.2) is 0 Å². The molecule has 26 heavy (non-hydrogen) atoms. The van der Waals surface area contributed by atoms with Crippen LogP contribution in [0.4, 0.5) is 0 Å². The van der Waals surface area contributed by atoms with Crippen LogP contribution < -0.4 is 0 Å². The molecule has 0 bridgehead atoms. The molecule has 0 radical (unpaired) electrons. The first-order chi connectivity index (χ1) is 12.5. The molecule has 2 aliphatic rings. The Balaban J connectivity index is 1.42. The molecule has 4 nitrogen and oxygen atoms in total. The van der Waals surface area contributed by atoms with Gasteiger partial charge >= 0.3 is 0 Å². The van der Waals surface area contributed by atoms with Gasteiger partial charge in [0.2, 0.25) is 13.3 Å². The van der Waals surface area contributed by atoms with Gasteiger partial charge in [-0.05, 0) is 36.7 Å². The van der Waals surface area contributed by atoms with Crippen LogP contribution in [0.15, 0.2) is 30.3 Å². The molecule has 2 atom stereocenters. The van der Waals surface area contributed by atoms with Gasteiger partial charge in [-0.15, -0.1) is 0 Å². The van der Waals surface area contributed by atoms with E-state index in [1.54, 1.807) is 0 Å². The second-order valence-corrected chi connectivity index (χ2v) is 10.6. The van der Waals surface area contributed by atoms with Crippen molar-refractivity contribution < 1.29 is 14.3 Å². The highest BCUT2D eigenvalue weighted by Gasteiger charge is 2.34. The molecule has 1 aliphatic carbocycles. The van der Waals surface area contributed by atoms with Crippen LogP contribution in [-0.2, 0) is 15.8 Å². The van der Waals surface area contributed by atoms with Crippen molar-refractivity contribution in [3.05, 3.63) is 35.9 Å². The van der Waals surface area contributed by atoms with Crippen LogP contribution in [0.1, 0.15) is 50.5 Å². The molecule has 1 aliphatic heterocycles. The minimum absolute atomic E-state index is 0.117. The number of benzene rings is 1. The lowest BCUT2D eigenvalue weighted by molar-refractivity contribution is -0.127. The Morgan fingerprint density at radius 1 is 1.08 bits per heavy atom. The molecule has 1 N–H and O–H groups in total. The van der Waals surface area contributed by atoms with Gasteiger partial charge in [-0.1, -0.05) is 62.4 Å². The summed E-state index contributed by atoms with van der Waals surface area (Å²) in [4.78, 5) is 24.6. The van der Waals surface area contributed by atoms with Crippen molar-refractivity contribution in [1.29, 1.82) is 0 Å². The Labute approximate surface area is 157 Å². The Morgan fingerprint density at radius 2 is 1.81 bits per heavy atom. The number of aryl methyl sites for hydroxylation is 1. The van der Waals surface area contributed by atoms with Gasteiger partial charge in [-0.3, -0.25) is 9.36 Å². The zero-order valence-corrected chi connectivity index (χ0v) is 16.6. The largest absolute Gasteiger partial charge is 0.344 e. The maximum atomic E-state index is 12.5. The Morgan fingerprint density at radius 3 is 2.54 bits per heavy atom. The lowest BCUT2D eigenvalue weighted by atomic mass is 9.80. The van der Waals surface area contributed by atoms with Crippen LogP contribution in [0.3, 0.4) is 0 Å². The van der Waals surface area contributed by atoms with Crippen LogP contribution in [-0.4, -0.2) is 41.1 Å². The van der Waals surface area contributed by atoms with Gasteiger partial charge in [-0.2, -0.15) is 0 Å². The SMILES string of the molecule is O=C(CP(=O)(O)CCCc1ccccc1)N1CCC(C2CCCCC2)C1. The smallest absolute Gasteiger partial charge is 0.232 e. The van der Waals surface area contributed by atoms with Crippen molar-refractivity contribution in [2.45, 2.75) is 51.4 Å². The summed E-state index contributed by atoms with van der Waals surface area (Å²) in [7, 11) is -3.38. The summed E-state index contributed by atoms with van der Waals surface area (Å²) in [5, 5.41) is 0. The molecule has 1 aromatic carbocycles. The number of hydrogen-bond donors (Lipinski definition) is 1. The summed E-state index contributed by atoms with van der Waals surface area (Å²) in [6.07, 6.45) is 9.14. The average Bonchev–Trinajstić information content (AvgIpc) is 3.13. The van der Waals surface area contributed by atoms with E-state index in [4.69, 9.17) is 0 Å². The van der Waals surface area contributed by atoms with Gasteiger partial charge in [0.25, 0.3) is 0 Å². The van der Waals surface area contributed by atoms with Crippen molar-refractivity contribution in [2.75, 3.05) is 25.4 Å². The fourth-order valence-corrected chi connectivity index (χ4v) is 6.00. The quantitative estimate of drug-likeness (QED) is 0.720. The van der Waals surface area contributed by atoms with E-state index < -0.39 is 7.37 Å². The summed E-state index contributed by atoms with van der Waals surface area (Å²) in [6.45, 7) is 1.57. The normalized spacial score (nSPS) is 23.7. The van der Waals surface area contributed by atoms with E-state index in [-0.39, 0.29) is 18.2 Å².